The minimum absolute atomic E-state index is 0.177. The summed E-state index contributed by atoms with van der Waals surface area (Å²) in [4.78, 5) is 25.6. The van der Waals surface area contributed by atoms with Crippen molar-refractivity contribution in [2.24, 2.45) is 0 Å². The van der Waals surface area contributed by atoms with E-state index in [-0.39, 0.29) is 11.5 Å². The van der Waals surface area contributed by atoms with Crippen molar-refractivity contribution in [1.82, 2.24) is 4.57 Å². The first-order chi connectivity index (χ1) is 12.8. The molecule has 140 valence electrons. The van der Waals surface area contributed by atoms with Crippen LogP contribution in [0.5, 0.6) is 5.75 Å². The van der Waals surface area contributed by atoms with Gasteiger partial charge in [0, 0.05) is 17.1 Å². The van der Waals surface area contributed by atoms with Gasteiger partial charge in [0.05, 0.1) is 12.6 Å². The van der Waals surface area contributed by atoms with E-state index in [4.69, 9.17) is 4.74 Å². The number of hydrogen-bond acceptors (Lipinski definition) is 3. The molecule has 5 nitrogen and oxygen atoms in total. The second-order valence-electron chi connectivity index (χ2n) is 6.91. The van der Waals surface area contributed by atoms with E-state index in [1.165, 1.54) is 0 Å². The number of anilines is 1. The van der Waals surface area contributed by atoms with Crippen molar-refractivity contribution >= 4 is 22.5 Å². The highest BCUT2D eigenvalue weighted by Crippen LogP contribution is 2.25. The Hall–Kier alpha value is -3.08. The van der Waals surface area contributed by atoms with Crippen LogP contribution in [-0.2, 0) is 4.79 Å². The van der Waals surface area contributed by atoms with Gasteiger partial charge in [0.25, 0.3) is 5.56 Å². The molecule has 27 heavy (non-hydrogen) atoms. The molecular weight excluding hydrogens is 340 g/mol. The summed E-state index contributed by atoms with van der Waals surface area (Å²) in [7, 11) is 1.59. The second-order valence-corrected chi connectivity index (χ2v) is 6.91. The number of ether oxygens (including phenoxy) is 1. The van der Waals surface area contributed by atoms with E-state index in [1.54, 1.807) is 48.9 Å². The Kier molecular flexibility index (Phi) is 5.04. The molecule has 2 aromatic carbocycles. The maximum absolute atomic E-state index is 12.8. The average Bonchev–Trinajstić information content (AvgIpc) is 2.63. The van der Waals surface area contributed by atoms with Crippen LogP contribution in [0.4, 0.5) is 5.69 Å². The quantitative estimate of drug-likeness (QED) is 0.757. The van der Waals surface area contributed by atoms with Gasteiger partial charge in [-0.25, -0.2) is 0 Å². The van der Waals surface area contributed by atoms with E-state index in [9.17, 15) is 9.59 Å². The molecule has 1 heterocycles. The Morgan fingerprint density at radius 3 is 2.33 bits per heavy atom. The molecule has 1 aromatic heterocycles. The largest absolute Gasteiger partial charge is 0.497 e. The number of amides is 1. The molecule has 0 aliphatic heterocycles. The van der Waals surface area contributed by atoms with Crippen LogP contribution in [-0.4, -0.2) is 17.6 Å². The molecule has 0 saturated carbocycles. The summed E-state index contributed by atoms with van der Waals surface area (Å²) in [5.74, 6) is 0.472. The van der Waals surface area contributed by atoms with Gasteiger partial charge < -0.3 is 10.1 Å². The Bertz CT molecular complexity index is 1070. The molecule has 0 bridgehead atoms. The lowest BCUT2D eigenvalue weighted by molar-refractivity contribution is -0.118. The number of hydrogen-bond donors (Lipinski definition) is 1. The monoisotopic (exact) mass is 364 g/mol. The topological polar surface area (TPSA) is 60.3 Å². The highest BCUT2D eigenvalue weighted by atomic mass is 16.5. The first-order valence-electron chi connectivity index (χ1n) is 8.90. The van der Waals surface area contributed by atoms with Crippen molar-refractivity contribution in [3.05, 3.63) is 69.5 Å². The third kappa shape index (κ3) is 3.58. The van der Waals surface area contributed by atoms with Crippen LogP contribution in [0.25, 0.3) is 10.9 Å². The van der Waals surface area contributed by atoms with Gasteiger partial charge in [0.1, 0.15) is 11.8 Å². The van der Waals surface area contributed by atoms with Gasteiger partial charge in [-0.15, -0.1) is 0 Å². The number of methoxy groups -OCH3 is 1. The molecule has 0 aliphatic rings. The van der Waals surface area contributed by atoms with Crippen molar-refractivity contribution in [1.29, 1.82) is 0 Å². The SMILES string of the molecule is COc1ccc(NC(=O)C(C)n2c(=O)cc(C)c3cc(C)cc(C)c32)cc1. The van der Waals surface area contributed by atoms with Gasteiger partial charge in [0.15, 0.2) is 0 Å². The lowest BCUT2D eigenvalue weighted by atomic mass is 10.0. The number of nitrogens with one attached hydrogen (secondary N) is 1. The Morgan fingerprint density at radius 1 is 1.04 bits per heavy atom. The molecule has 1 amide bonds. The lowest BCUT2D eigenvalue weighted by Crippen LogP contribution is -2.32. The van der Waals surface area contributed by atoms with E-state index in [2.05, 4.69) is 11.4 Å². The van der Waals surface area contributed by atoms with Gasteiger partial charge in [-0.3, -0.25) is 14.2 Å². The summed E-state index contributed by atoms with van der Waals surface area (Å²) in [6, 6.07) is 12.1. The summed E-state index contributed by atoms with van der Waals surface area (Å²) in [5, 5.41) is 3.87. The normalized spacial score (nSPS) is 12.0. The molecule has 1 unspecified atom stereocenters. The van der Waals surface area contributed by atoms with Crippen LogP contribution in [0, 0.1) is 20.8 Å². The van der Waals surface area contributed by atoms with Crippen LogP contribution in [0.2, 0.25) is 0 Å². The van der Waals surface area contributed by atoms with Crippen LogP contribution in [0.1, 0.15) is 29.7 Å². The zero-order valence-electron chi connectivity index (χ0n) is 16.3. The maximum Gasteiger partial charge on any atom is 0.252 e. The lowest BCUT2D eigenvalue weighted by Gasteiger charge is -2.20. The first kappa shape index (κ1) is 18.7. The maximum atomic E-state index is 12.8. The highest BCUT2D eigenvalue weighted by Gasteiger charge is 2.20. The Labute approximate surface area is 158 Å². The molecule has 0 spiro atoms. The van der Waals surface area contributed by atoms with Crippen molar-refractivity contribution in [3.8, 4) is 5.75 Å². The van der Waals surface area contributed by atoms with E-state index < -0.39 is 6.04 Å². The minimum Gasteiger partial charge on any atom is -0.497 e. The van der Waals surface area contributed by atoms with Gasteiger partial charge in [0.2, 0.25) is 5.91 Å². The van der Waals surface area contributed by atoms with Crippen molar-refractivity contribution in [2.45, 2.75) is 33.7 Å². The number of benzene rings is 2. The number of aromatic nitrogens is 1. The number of fused-ring (bicyclic) bond motifs is 1. The highest BCUT2D eigenvalue weighted by molar-refractivity contribution is 5.95. The van der Waals surface area contributed by atoms with Gasteiger partial charge in [-0.2, -0.15) is 0 Å². The van der Waals surface area contributed by atoms with Crippen molar-refractivity contribution in [2.75, 3.05) is 12.4 Å². The van der Waals surface area contributed by atoms with Crippen molar-refractivity contribution in [3.63, 3.8) is 0 Å². The third-order valence-corrected chi connectivity index (χ3v) is 4.81. The number of carbonyl (C=O) groups is 1. The second kappa shape index (κ2) is 7.27. The minimum atomic E-state index is -0.649. The zero-order chi connectivity index (χ0) is 19.7. The fourth-order valence-corrected chi connectivity index (χ4v) is 3.45. The van der Waals surface area contributed by atoms with E-state index in [1.807, 2.05) is 26.8 Å². The number of pyridine rings is 1. The number of carbonyl (C=O) groups excluding carboxylic acids is 1. The summed E-state index contributed by atoms with van der Waals surface area (Å²) < 4.78 is 6.71. The van der Waals surface area contributed by atoms with Gasteiger partial charge in [-0.05, 0) is 69.2 Å². The van der Waals surface area contributed by atoms with Gasteiger partial charge in [-0.1, -0.05) is 11.6 Å². The standard InChI is InChI=1S/C22H24N2O3/c1-13-10-15(3)21-19(11-13)14(2)12-20(25)24(21)16(4)22(26)23-17-6-8-18(27-5)9-7-17/h6-12,16H,1-5H3,(H,23,26). The summed E-state index contributed by atoms with van der Waals surface area (Å²) in [5.41, 5.74) is 4.32. The fourth-order valence-electron chi connectivity index (χ4n) is 3.45. The van der Waals surface area contributed by atoms with E-state index >= 15 is 0 Å². The Balaban J connectivity index is 2.03. The molecule has 0 radical (unpaired) electrons. The van der Waals surface area contributed by atoms with E-state index in [0.717, 1.165) is 27.6 Å². The molecule has 1 atom stereocenters. The predicted octanol–water partition coefficient (Wildman–Crippen LogP) is 4.14. The van der Waals surface area contributed by atoms with Crippen molar-refractivity contribution < 1.29 is 9.53 Å². The van der Waals surface area contributed by atoms with Gasteiger partial charge >= 0.3 is 0 Å². The molecular formula is C22H24N2O3. The molecule has 1 N–H and O–H groups in total. The van der Waals surface area contributed by atoms with Crippen LogP contribution < -0.4 is 15.6 Å². The first-order valence-corrected chi connectivity index (χ1v) is 8.90. The third-order valence-electron chi connectivity index (χ3n) is 4.81. The molecule has 0 saturated heterocycles. The zero-order valence-corrected chi connectivity index (χ0v) is 16.3. The Morgan fingerprint density at radius 2 is 1.70 bits per heavy atom. The molecule has 3 aromatic rings. The fraction of sp³-hybridized carbons (Fsp3) is 0.273. The number of nitrogens with zero attached hydrogens (tertiary/aromatic N) is 1. The molecule has 0 aliphatic carbocycles. The van der Waals surface area contributed by atoms with E-state index in [0.29, 0.717) is 11.4 Å². The summed E-state index contributed by atoms with van der Waals surface area (Å²) in [6.07, 6.45) is 0. The average molecular weight is 364 g/mol. The van der Waals surface area contributed by atoms with Crippen LogP contribution in [0.3, 0.4) is 0 Å². The number of rotatable bonds is 4. The summed E-state index contributed by atoms with van der Waals surface area (Å²) in [6.45, 7) is 7.67. The predicted molar refractivity (Wildman–Crippen MR) is 109 cm³/mol. The molecule has 3 rings (SSSR count). The van der Waals surface area contributed by atoms with Crippen LogP contribution >= 0.6 is 0 Å². The van der Waals surface area contributed by atoms with Crippen LogP contribution in [0.15, 0.2) is 47.3 Å². The molecule has 0 fully saturated rings. The number of aryl methyl sites for hydroxylation is 3. The summed E-state index contributed by atoms with van der Waals surface area (Å²) >= 11 is 0. The molecule has 5 heteroatoms. The smallest absolute Gasteiger partial charge is 0.252 e.